The van der Waals surface area contributed by atoms with Crippen molar-refractivity contribution in [2.75, 3.05) is 19.1 Å². The Balaban J connectivity index is 1.82. The maximum Gasteiger partial charge on any atom is 0.355 e. The molecule has 10 heteroatoms. The van der Waals surface area contributed by atoms with Gasteiger partial charge in [-0.2, -0.15) is 10.4 Å². The summed E-state index contributed by atoms with van der Waals surface area (Å²) in [6.07, 6.45) is 1.68. The summed E-state index contributed by atoms with van der Waals surface area (Å²) >= 11 is 0. The lowest BCUT2D eigenvalue weighted by atomic mass is 9.81. The lowest BCUT2D eigenvalue weighted by molar-refractivity contribution is -0.139. The Morgan fingerprint density at radius 3 is 2.27 bits per heavy atom. The first-order chi connectivity index (χ1) is 17.9. The summed E-state index contributed by atoms with van der Waals surface area (Å²) in [5.74, 6) is -1.96. The van der Waals surface area contributed by atoms with E-state index in [1.165, 1.54) is 19.1 Å². The molecule has 0 saturated heterocycles. The molecule has 1 aliphatic rings. The van der Waals surface area contributed by atoms with Crippen molar-refractivity contribution in [3.63, 3.8) is 0 Å². The van der Waals surface area contributed by atoms with Crippen LogP contribution in [0.15, 0.2) is 89.5 Å². The highest BCUT2D eigenvalue weighted by Crippen LogP contribution is 2.43. The molecule has 0 radical (unpaired) electrons. The fourth-order valence-corrected chi connectivity index (χ4v) is 4.17. The molecular weight excluding hydrogens is 474 g/mol. The molecule has 4 rings (SSSR count). The number of benzene rings is 2. The number of methoxy groups -OCH3 is 2. The Labute approximate surface area is 213 Å². The van der Waals surface area contributed by atoms with Gasteiger partial charge in [0.25, 0.3) is 0 Å². The van der Waals surface area contributed by atoms with Gasteiger partial charge >= 0.3 is 11.9 Å². The van der Waals surface area contributed by atoms with Crippen molar-refractivity contribution in [3.05, 3.63) is 101 Å². The van der Waals surface area contributed by atoms with Gasteiger partial charge in [0.1, 0.15) is 23.9 Å². The number of hydrogen-bond donors (Lipinski definition) is 1. The second-order valence-electron chi connectivity index (χ2n) is 8.06. The molecule has 0 aliphatic carbocycles. The molecule has 2 N–H and O–H groups in total. The van der Waals surface area contributed by atoms with Crippen LogP contribution in [0, 0.1) is 11.3 Å². The van der Waals surface area contributed by atoms with Crippen LogP contribution in [0.1, 0.15) is 17.2 Å². The van der Waals surface area contributed by atoms with E-state index in [1.807, 2.05) is 13.1 Å². The van der Waals surface area contributed by atoms with Gasteiger partial charge in [-0.15, -0.1) is 0 Å². The maximum absolute atomic E-state index is 13.1. The Morgan fingerprint density at radius 1 is 1.03 bits per heavy atom. The number of nitrogens with zero attached hydrogens (tertiary/aromatic N) is 4. The van der Waals surface area contributed by atoms with Gasteiger partial charge in [0.2, 0.25) is 0 Å². The number of nitriles is 1. The summed E-state index contributed by atoms with van der Waals surface area (Å²) in [6, 6.07) is 19.5. The summed E-state index contributed by atoms with van der Waals surface area (Å²) in [4.78, 5) is 27.5. The summed E-state index contributed by atoms with van der Waals surface area (Å²) in [5, 5.41) is 14.2. The largest absolute Gasteiger partial charge is 0.487 e. The highest BCUT2D eigenvalue weighted by atomic mass is 16.5. The minimum atomic E-state index is -0.925. The molecule has 2 heterocycles. The number of ether oxygens (including phenoxy) is 3. The van der Waals surface area contributed by atoms with E-state index in [0.717, 1.165) is 5.69 Å². The van der Waals surface area contributed by atoms with Gasteiger partial charge < -0.3 is 19.9 Å². The van der Waals surface area contributed by atoms with E-state index in [9.17, 15) is 14.9 Å². The third kappa shape index (κ3) is 4.75. The monoisotopic (exact) mass is 499 g/mol. The third-order valence-electron chi connectivity index (χ3n) is 6.01. The van der Waals surface area contributed by atoms with Crippen molar-refractivity contribution in [1.82, 2.24) is 9.78 Å². The van der Waals surface area contributed by atoms with Crippen molar-refractivity contribution in [1.29, 1.82) is 5.26 Å². The Hall–Kier alpha value is -5.04. The maximum atomic E-state index is 13.1. The van der Waals surface area contributed by atoms with E-state index in [0.29, 0.717) is 23.6 Å². The number of allylic oxidation sites excluding steroid dienone is 1. The van der Waals surface area contributed by atoms with Crippen LogP contribution in [-0.4, -0.2) is 35.9 Å². The second kappa shape index (κ2) is 10.7. The summed E-state index contributed by atoms with van der Waals surface area (Å²) in [7, 11) is 4.23. The SMILES string of the molecule is COC(=O)C1=C(C(=O)OC)N(c2ccc(OCc3ccnn3C)cc2)C(N)=C(C#N)C1c1ccccc1. The molecule has 1 aliphatic heterocycles. The van der Waals surface area contributed by atoms with E-state index in [4.69, 9.17) is 19.9 Å². The molecule has 0 spiro atoms. The van der Waals surface area contributed by atoms with Crippen molar-refractivity contribution in [2.45, 2.75) is 12.5 Å². The first kappa shape index (κ1) is 25.1. The molecule has 188 valence electrons. The molecule has 0 bridgehead atoms. The number of rotatable bonds is 7. The number of carbonyl (C=O) groups excluding carboxylic acids is 2. The quantitative estimate of drug-likeness (QED) is 0.487. The fourth-order valence-electron chi connectivity index (χ4n) is 4.17. The fraction of sp³-hybridized carbons (Fsp3) is 0.185. The standard InChI is InChI=1S/C27H25N5O5/c1-31-19(13-14-30-31)16-37-20-11-9-18(10-12-20)32-24(27(34)36-3)23(26(33)35-2)22(21(15-28)25(32)29)17-7-5-4-6-8-17/h4-14,22H,16,29H2,1-3H3. The summed E-state index contributed by atoms with van der Waals surface area (Å²) in [6.45, 7) is 0.304. The average molecular weight is 500 g/mol. The molecule has 1 aromatic heterocycles. The molecular formula is C27H25N5O5. The molecule has 1 unspecified atom stereocenters. The lowest BCUT2D eigenvalue weighted by Gasteiger charge is -2.35. The Bertz CT molecular complexity index is 1420. The van der Waals surface area contributed by atoms with E-state index in [-0.39, 0.29) is 22.7 Å². The molecule has 3 aromatic rings. The third-order valence-corrected chi connectivity index (χ3v) is 6.01. The highest BCUT2D eigenvalue weighted by molar-refractivity contribution is 6.06. The zero-order chi connectivity index (χ0) is 26.5. The number of esters is 2. The van der Waals surface area contributed by atoms with Crippen LogP contribution in [0.5, 0.6) is 5.75 Å². The van der Waals surface area contributed by atoms with E-state index in [1.54, 1.807) is 65.5 Å². The van der Waals surface area contributed by atoms with E-state index < -0.39 is 17.9 Å². The summed E-state index contributed by atoms with van der Waals surface area (Å²) < 4.78 is 17.6. The molecule has 0 saturated carbocycles. The van der Waals surface area contributed by atoms with Crippen LogP contribution in [0.25, 0.3) is 0 Å². The van der Waals surface area contributed by atoms with Crippen molar-refractivity contribution in [2.24, 2.45) is 12.8 Å². The van der Waals surface area contributed by atoms with Gasteiger partial charge in [-0.3, -0.25) is 9.58 Å². The number of nitrogens with two attached hydrogens (primary N) is 1. The van der Waals surface area contributed by atoms with Gasteiger partial charge in [-0.1, -0.05) is 30.3 Å². The first-order valence-corrected chi connectivity index (χ1v) is 11.3. The lowest BCUT2D eigenvalue weighted by Crippen LogP contribution is -2.40. The van der Waals surface area contributed by atoms with E-state index >= 15 is 0 Å². The normalized spacial score (nSPS) is 15.3. The smallest absolute Gasteiger partial charge is 0.355 e. The molecule has 0 amide bonds. The van der Waals surface area contributed by atoms with Crippen LogP contribution in [0.3, 0.4) is 0 Å². The Kier molecular flexibility index (Phi) is 7.25. The average Bonchev–Trinajstić information content (AvgIpc) is 3.35. The highest BCUT2D eigenvalue weighted by Gasteiger charge is 2.42. The van der Waals surface area contributed by atoms with Gasteiger partial charge in [0.05, 0.1) is 43.0 Å². The second-order valence-corrected chi connectivity index (χ2v) is 8.06. The zero-order valence-electron chi connectivity index (χ0n) is 20.5. The van der Waals surface area contributed by atoms with Crippen LogP contribution in [-0.2, 0) is 32.7 Å². The predicted molar refractivity (Wildman–Crippen MR) is 134 cm³/mol. The van der Waals surface area contributed by atoms with Crippen LogP contribution < -0.4 is 15.4 Å². The summed E-state index contributed by atoms with van der Waals surface area (Å²) in [5.41, 5.74) is 8.32. The van der Waals surface area contributed by atoms with Crippen molar-refractivity contribution >= 4 is 17.6 Å². The number of anilines is 1. The molecule has 10 nitrogen and oxygen atoms in total. The predicted octanol–water partition coefficient (Wildman–Crippen LogP) is 2.90. The number of carbonyl (C=O) groups is 2. The minimum Gasteiger partial charge on any atom is -0.487 e. The number of hydrogen-bond acceptors (Lipinski definition) is 9. The zero-order valence-corrected chi connectivity index (χ0v) is 20.5. The van der Waals surface area contributed by atoms with Crippen molar-refractivity contribution in [3.8, 4) is 11.8 Å². The van der Waals surface area contributed by atoms with Crippen molar-refractivity contribution < 1.29 is 23.8 Å². The molecule has 2 aromatic carbocycles. The number of aryl methyl sites for hydroxylation is 1. The Morgan fingerprint density at radius 2 is 1.70 bits per heavy atom. The topological polar surface area (TPSA) is 133 Å². The van der Waals surface area contributed by atoms with Gasteiger partial charge in [0.15, 0.2) is 0 Å². The van der Waals surface area contributed by atoms with Gasteiger partial charge in [-0.05, 0) is 35.9 Å². The molecule has 0 fully saturated rings. The molecule has 1 atom stereocenters. The number of aromatic nitrogens is 2. The van der Waals surface area contributed by atoms with Gasteiger partial charge in [-0.25, -0.2) is 9.59 Å². The van der Waals surface area contributed by atoms with Crippen LogP contribution in [0.2, 0.25) is 0 Å². The van der Waals surface area contributed by atoms with Crippen LogP contribution >= 0.6 is 0 Å². The van der Waals surface area contributed by atoms with Crippen LogP contribution in [0.4, 0.5) is 5.69 Å². The minimum absolute atomic E-state index is 0.00652. The molecule has 37 heavy (non-hydrogen) atoms. The first-order valence-electron chi connectivity index (χ1n) is 11.3. The van der Waals surface area contributed by atoms with E-state index in [2.05, 4.69) is 11.2 Å². The van der Waals surface area contributed by atoms with Gasteiger partial charge in [0, 0.05) is 18.9 Å².